The minimum atomic E-state index is -1.54. The van der Waals surface area contributed by atoms with Crippen molar-refractivity contribution < 1.29 is 23.8 Å². The third-order valence-corrected chi connectivity index (χ3v) is 2.70. The zero-order valence-corrected chi connectivity index (χ0v) is 11.4. The van der Waals surface area contributed by atoms with Gasteiger partial charge in [0.25, 0.3) is 5.91 Å². The van der Waals surface area contributed by atoms with Crippen LogP contribution in [0.25, 0.3) is 0 Å². The second kappa shape index (κ2) is 7.47. The van der Waals surface area contributed by atoms with Gasteiger partial charge in [0.15, 0.2) is 12.1 Å². The summed E-state index contributed by atoms with van der Waals surface area (Å²) in [6.07, 6.45) is -0.511. The van der Waals surface area contributed by atoms with Crippen molar-refractivity contribution in [3.05, 3.63) is 29.8 Å². The molecule has 110 valence electrons. The summed E-state index contributed by atoms with van der Waals surface area (Å²) < 4.78 is 18.0. The lowest BCUT2D eigenvalue weighted by Crippen LogP contribution is -2.48. The molecule has 0 aliphatic rings. The Kier molecular flexibility index (Phi) is 5.96. The average molecular weight is 283 g/mol. The molecule has 1 amide bonds. The summed E-state index contributed by atoms with van der Waals surface area (Å²) in [5.41, 5.74) is 0.977. The van der Waals surface area contributed by atoms with E-state index in [1.165, 1.54) is 0 Å². The van der Waals surface area contributed by atoms with Crippen LogP contribution in [-0.4, -0.2) is 35.8 Å². The van der Waals surface area contributed by atoms with E-state index in [1.54, 1.807) is 25.1 Å². The van der Waals surface area contributed by atoms with Gasteiger partial charge >= 0.3 is 5.97 Å². The van der Waals surface area contributed by atoms with Crippen molar-refractivity contribution in [2.24, 2.45) is 0 Å². The molecule has 2 atom stereocenters. The number of nitrogens with one attached hydrogen (secondary N) is 1. The highest BCUT2D eigenvalue weighted by molar-refractivity contribution is 5.86. The Balaban J connectivity index is 2.70. The molecule has 0 fully saturated rings. The Morgan fingerprint density at radius 2 is 2.15 bits per heavy atom. The van der Waals surface area contributed by atoms with Crippen LogP contribution in [0.4, 0.5) is 4.39 Å². The molecule has 0 radical (unpaired) electrons. The largest absolute Gasteiger partial charge is 0.481 e. The minimum Gasteiger partial charge on any atom is -0.481 e. The van der Waals surface area contributed by atoms with Crippen molar-refractivity contribution in [1.82, 2.24) is 5.32 Å². The number of amides is 1. The molecule has 1 rings (SSSR count). The Hall–Kier alpha value is -2.11. The van der Waals surface area contributed by atoms with Gasteiger partial charge in [0.05, 0.1) is 0 Å². The van der Waals surface area contributed by atoms with Gasteiger partial charge in [0.1, 0.15) is 12.4 Å². The van der Waals surface area contributed by atoms with Crippen LogP contribution in [0.5, 0.6) is 5.75 Å². The lowest BCUT2D eigenvalue weighted by Gasteiger charge is -2.19. The molecule has 0 saturated heterocycles. The summed E-state index contributed by atoms with van der Waals surface area (Å²) in [7, 11) is 0. The van der Waals surface area contributed by atoms with Crippen LogP contribution in [0.1, 0.15) is 18.9 Å². The van der Waals surface area contributed by atoms with Crippen molar-refractivity contribution in [3.63, 3.8) is 0 Å². The van der Waals surface area contributed by atoms with E-state index in [0.29, 0.717) is 12.2 Å². The Bertz CT molecular complexity index is 478. The first kappa shape index (κ1) is 15.9. The lowest BCUT2D eigenvalue weighted by atomic mass is 10.2. The standard InChI is InChI=1S/C14H18FNO4/c1-3-12(13(17)16-11(8-15)14(18)19)20-10-6-4-5-9(2)7-10/h4-7,11-12H,3,8H2,1-2H3,(H,16,17)(H,18,19). The molecule has 0 aliphatic carbocycles. The summed E-state index contributed by atoms with van der Waals surface area (Å²) in [4.78, 5) is 22.6. The van der Waals surface area contributed by atoms with E-state index in [0.717, 1.165) is 5.56 Å². The monoisotopic (exact) mass is 283 g/mol. The number of benzene rings is 1. The summed E-state index contributed by atoms with van der Waals surface area (Å²) in [5.74, 6) is -1.54. The van der Waals surface area contributed by atoms with Crippen molar-refractivity contribution in [1.29, 1.82) is 0 Å². The second-order valence-electron chi connectivity index (χ2n) is 4.38. The first-order chi connectivity index (χ1) is 9.47. The Labute approximate surface area is 116 Å². The molecule has 1 aromatic rings. The molecule has 0 heterocycles. The summed E-state index contributed by atoms with van der Waals surface area (Å²) >= 11 is 0. The number of rotatable bonds is 7. The minimum absolute atomic E-state index is 0.346. The lowest BCUT2D eigenvalue weighted by molar-refractivity contribution is -0.143. The van der Waals surface area contributed by atoms with Gasteiger partial charge in [-0.3, -0.25) is 4.79 Å². The number of aliphatic carboxylic acids is 1. The zero-order valence-electron chi connectivity index (χ0n) is 11.4. The number of ether oxygens (including phenoxy) is 1. The molecule has 20 heavy (non-hydrogen) atoms. The predicted octanol–water partition coefficient (Wildman–Crippen LogP) is 1.69. The van der Waals surface area contributed by atoms with E-state index in [4.69, 9.17) is 9.84 Å². The van der Waals surface area contributed by atoms with Crippen molar-refractivity contribution in [2.75, 3.05) is 6.67 Å². The van der Waals surface area contributed by atoms with Gasteiger partial charge in [-0.2, -0.15) is 0 Å². The normalized spacial score (nSPS) is 13.3. The number of carboxylic acids is 1. The van der Waals surface area contributed by atoms with E-state index < -0.39 is 30.7 Å². The van der Waals surface area contributed by atoms with Gasteiger partial charge in [-0.1, -0.05) is 19.1 Å². The highest BCUT2D eigenvalue weighted by Gasteiger charge is 2.25. The number of halogens is 1. The molecule has 2 unspecified atom stereocenters. The summed E-state index contributed by atoms with van der Waals surface area (Å²) in [5, 5.41) is 10.8. The van der Waals surface area contributed by atoms with Gasteiger partial charge in [0, 0.05) is 0 Å². The van der Waals surface area contributed by atoms with Crippen molar-refractivity contribution >= 4 is 11.9 Å². The fraction of sp³-hybridized carbons (Fsp3) is 0.429. The highest BCUT2D eigenvalue weighted by Crippen LogP contribution is 2.15. The molecule has 0 aromatic heterocycles. The Morgan fingerprint density at radius 3 is 2.65 bits per heavy atom. The molecule has 5 nitrogen and oxygen atoms in total. The number of hydrogen-bond donors (Lipinski definition) is 2. The maximum absolute atomic E-state index is 12.5. The number of carbonyl (C=O) groups excluding carboxylic acids is 1. The van der Waals surface area contributed by atoms with Gasteiger partial charge in [-0.25, -0.2) is 9.18 Å². The Morgan fingerprint density at radius 1 is 1.45 bits per heavy atom. The fourth-order valence-corrected chi connectivity index (χ4v) is 1.61. The topological polar surface area (TPSA) is 75.6 Å². The molecule has 0 aliphatic heterocycles. The molecule has 2 N–H and O–H groups in total. The summed E-state index contributed by atoms with van der Waals surface area (Å²) in [6.45, 7) is 2.45. The molecular formula is C14H18FNO4. The molecule has 0 saturated carbocycles. The average Bonchev–Trinajstić information content (AvgIpc) is 2.41. The maximum atomic E-state index is 12.5. The van der Waals surface area contributed by atoms with Crippen LogP contribution in [0.3, 0.4) is 0 Å². The first-order valence-corrected chi connectivity index (χ1v) is 6.30. The van der Waals surface area contributed by atoms with Crippen LogP contribution in [0.15, 0.2) is 24.3 Å². The smallest absolute Gasteiger partial charge is 0.328 e. The van der Waals surface area contributed by atoms with E-state index in [1.807, 2.05) is 13.0 Å². The molecular weight excluding hydrogens is 265 g/mol. The predicted molar refractivity (Wildman–Crippen MR) is 71.4 cm³/mol. The fourth-order valence-electron chi connectivity index (χ4n) is 1.61. The van der Waals surface area contributed by atoms with Crippen LogP contribution >= 0.6 is 0 Å². The first-order valence-electron chi connectivity index (χ1n) is 6.30. The quantitative estimate of drug-likeness (QED) is 0.798. The number of alkyl halides is 1. The van der Waals surface area contributed by atoms with Gasteiger partial charge in [0.2, 0.25) is 0 Å². The number of aryl methyl sites for hydroxylation is 1. The van der Waals surface area contributed by atoms with Gasteiger partial charge in [-0.15, -0.1) is 0 Å². The third-order valence-electron chi connectivity index (χ3n) is 2.70. The van der Waals surface area contributed by atoms with Gasteiger partial charge in [-0.05, 0) is 31.0 Å². The molecule has 1 aromatic carbocycles. The van der Waals surface area contributed by atoms with Crippen LogP contribution in [0.2, 0.25) is 0 Å². The molecule has 6 heteroatoms. The zero-order chi connectivity index (χ0) is 15.1. The number of carboxylic acid groups (broad SMARTS) is 1. The second-order valence-corrected chi connectivity index (χ2v) is 4.38. The van der Waals surface area contributed by atoms with Gasteiger partial charge < -0.3 is 15.2 Å². The maximum Gasteiger partial charge on any atom is 0.328 e. The number of carbonyl (C=O) groups is 2. The number of hydrogen-bond acceptors (Lipinski definition) is 3. The molecule has 0 spiro atoms. The van der Waals surface area contributed by atoms with Crippen LogP contribution < -0.4 is 10.1 Å². The third kappa shape index (κ3) is 4.53. The van der Waals surface area contributed by atoms with Crippen molar-refractivity contribution in [3.8, 4) is 5.75 Å². The van der Waals surface area contributed by atoms with Crippen LogP contribution in [0, 0.1) is 6.92 Å². The molecule has 0 bridgehead atoms. The van der Waals surface area contributed by atoms with Crippen molar-refractivity contribution in [2.45, 2.75) is 32.4 Å². The highest BCUT2D eigenvalue weighted by atomic mass is 19.1. The van der Waals surface area contributed by atoms with E-state index >= 15 is 0 Å². The van der Waals surface area contributed by atoms with E-state index in [2.05, 4.69) is 5.32 Å². The summed E-state index contributed by atoms with van der Waals surface area (Å²) in [6, 6.07) is 5.60. The SMILES string of the molecule is CCC(Oc1cccc(C)c1)C(=O)NC(CF)C(=O)O. The van der Waals surface area contributed by atoms with Crippen LogP contribution in [-0.2, 0) is 9.59 Å². The van der Waals surface area contributed by atoms with E-state index in [9.17, 15) is 14.0 Å². The van der Waals surface area contributed by atoms with E-state index in [-0.39, 0.29) is 0 Å².